The van der Waals surface area contributed by atoms with Crippen molar-refractivity contribution in [3.63, 3.8) is 0 Å². The van der Waals surface area contributed by atoms with Gasteiger partial charge < -0.3 is 4.84 Å². The van der Waals surface area contributed by atoms with Crippen LogP contribution in [0.25, 0.3) is 0 Å². The van der Waals surface area contributed by atoms with Gasteiger partial charge in [-0.1, -0.05) is 13.5 Å². The predicted octanol–water partition coefficient (Wildman–Crippen LogP) is 0.547. The number of hydrogen-bond acceptors (Lipinski definition) is 3. The zero-order valence-corrected chi connectivity index (χ0v) is 6.42. The fourth-order valence-electron chi connectivity index (χ4n) is 0.427. The van der Waals surface area contributed by atoms with E-state index in [2.05, 4.69) is 11.4 Å². The van der Waals surface area contributed by atoms with Crippen molar-refractivity contribution in [1.29, 1.82) is 0 Å². The highest BCUT2D eigenvalue weighted by Crippen LogP contribution is 1.85. The Morgan fingerprint density at radius 2 is 2.27 bits per heavy atom. The Kier molecular flexibility index (Phi) is 4.81. The molecule has 0 aromatic heterocycles. The Balaban J connectivity index is 3.45. The summed E-state index contributed by atoms with van der Waals surface area (Å²) in [7, 11) is 0. The van der Waals surface area contributed by atoms with Gasteiger partial charge in [-0.25, -0.2) is 4.79 Å². The predicted molar refractivity (Wildman–Crippen MR) is 39.3 cm³/mol. The maximum atomic E-state index is 10.6. The molecule has 0 aromatic rings. The van der Waals surface area contributed by atoms with Gasteiger partial charge in [-0.15, -0.1) is 0 Å². The van der Waals surface area contributed by atoms with Crippen molar-refractivity contribution in [3.05, 3.63) is 12.7 Å². The first kappa shape index (κ1) is 9.68. The number of nitrogens with one attached hydrogen (secondary N) is 1. The van der Waals surface area contributed by atoms with Crippen LogP contribution in [0.2, 0.25) is 0 Å². The second-order valence-electron chi connectivity index (χ2n) is 1.90. The molecule has 1 amide bonds. The smallest absolute Gasteiger partial charge is 0.336 e. The summed E-state index contributed by atoms with van der Waals surface area (Å²) in [5.41, 5.74) is 1.97. The monoisotopic (exact) mass is 157 g/mol. The molecular formula is C7H11NO3. The third kappa shape index (κ3) is 5.14. The van der Waals surface area contributed by atoms with Crippen LogP contribution in [0.5, 0.6) is 0 Å². The quantitative estimate of drug-likeness (QED) is 0.480. The molecule has 11 heavy (non-hydrogen) atoms. The fourth-order valence-corrected chi connectivity index (χ4v) is 0.427. The maximum absolute atomic E-state index is 10.6. The van der Waals surface area contributed by atoms with Crippen LogP contribution in [-0.2, 0) is 14.4 Å². The molecule has 62 valence electrons. The average Bonchev–Trinajstić information content (AvgIpc) is 2.01. The fraction of sp³-hybridized carbons (Fsp3) is 0.429. The Bertz CT molecular complexity index is 165. The largest absolute Gasteiger partial charge is 0.355 e. The summed E-state index contributed by atoms with van der Waals surface area (Å²) in [5, 5.41) is 0. The molecule has 0 saturated heterocycles. The van der Waals surface area contributed by atoms with Crippen molar-refractivity contribution in [3.8, 4) is 0 Å². The first-order valence-electron chi connectivity index (χ1n) is 3.32. The van der Waals surface area contributed by atoms with Gasteiger partial charge in [-0.2, -0.15) is 5.48 Å². The molecule has 0 spiro atoms. The van der Waals surface area contributed by atoms with E-state index in [4.69, 9.17) is 0 Å². The number of carbonyl (C=O) groups excluding carboxylic acids is 2. The normalized spacial score (nSPS) is 8.45. The molecule has 0 aliphatic rings. The first-order chi connectivity index (χ1) is 5.20. The molecule has 0 aliphatic heterocycles. The summed E-state index contributed by atoms with van der Waals surface area (Å²) in [5.74, 6) is -0.961. The van der Waals surface area contributed by atoms with Gasteiger partial charge in [-0.05, 0) is 6.42 Å². The van der Waals surface area contributed by atoms with Crippen molar-refractivity contribution in [2.24, 2.45) is 0 Å². The maximum Gasteiger partial charge on any atom is 0.355 e. The Hall–Kier alpha value is -1.32. The van der Waals surface area contributed by atoms with E-state index in [0.717, 1.165) is 12.5 Å². The lowest BCUT2D eigenvalue weighted by atomic mass is 10.3. The molecule has 0 unspecified atom stereocenters. The van der Waals surface area contributed by atoms with Crippen LogP contribution in [0.4, 0.5) is 0 Å². The van der Waals surface area contributed by atoms with E-state index in [0.29, 0.717) is 6.42 Å². The molecule has 0 atom stereocenters. The van der Waals surface area contributed by atoms with E-state index in [1.165, 1.54) is 0 Å². The minimum Gasteiger partial charge on any atom is -0.336 e. The highest BCUT2D eigenvalue weighted by atomic mass is 16.7. The zero-order valence-electron chi connectivity index (χ0n) is 6.42. The van der Waals surface area contributed by atoms with Crippen molar-refractivity contribution in [1.82, 2.24) is 5.48 Å². The lowest BCUT2D eigenvalue weighted by molar-refractivity contribution is -0.153. The molecule has 4 heteroatoms. The molecule has 0 bridgehead atoms. The van der Waals surface area contributed by atoms with Crippen molar-refractivity contribution in [2.75, 3.05) is 0 Å². The number of hydroxylamine groups is 1. The zero-order chi connectivity index (χ0) is 8.69. The summed E-state index contributed by atoms with van der Waals surface area (Å²) in [6.07, 6.45) is 2.05. The molecule has 0 heterocycles. The summed E-state index contributed by atoms with van der Waals surface area (Å²) < 4.78 is 0. The third-order valence-corrected chi connectivity index (χ3v) is 0.909. The van der Waals surface area contributed by atoms with E-state index in [1.54, 1.807) is 0 Å². The van der Waals surface area contributed by atoms with Crippen LogP contribution in [0.3, 0.4) is 0 Å². The van der Waals surface area contributed by atoms with Crippen LogP contribution in [0, 0.1) is 0 Å². The number of amides is 1. The minimum absolute atomic E-state index is 0.303. The van der Waals surface area contributed by atoms with E-state index < -0.39 is 5.97 Å². The molecule has 0 radical (unpaired) electrons. The Morgan fingerprint density at radius 3 is 2.73 bits per heavy atom. The van der Waals surface area contributed by atoms with E-state index >= 15 is 0 Å². The van der Waals surface area contributed by atoms with Crippen LogP contribution in [0.1, 0.15) is 19.8 Å². The number of carbonyl (C=O) groups is 2. The SMILES string of the molecule is C=CC(=O)ONC(=O)CCC. The highest BCUT2D eigenvalue weighted by molar-refractivity contribution is 5.83. The van der Waals surface area contributed by atoms with E-state index in [9.17, 15) is 9.59 Å². The molecule has 0 aliphatic carbocycles. The second-order valence-corrected chi connectivity index (χ2v) is 1.90. The summed E-state index contributed by atoms with van der Waals surface area (Å²) in [6, 6.07) is 0. The second kappa shape index (κ2) is 5.46. The lowest BCUT2D eigenvalue weighted by Crippen LogP contribution is -2.25. The minimum atomic E-state index is -0.658. The van der Waals surface area contributed by atoms with Crippen molar-refractivity contribution >= 4 is 11.9 Å². The van der Waals surface area contributed by atoms with Gasteiger partial charge in [0.15, 0.2) is 0 Å². The van der Waals surface area contributed by atoms with Crippen LogP contribution in [0.15, 0.2) is 12.7 Å². The van der Waals surface area contributed by atoms with Crippen molar-refractivity contribution < 1.29 is 14.4 Å². The van der Waals surface area contributed by atoms with Gasteiger partial charge >= 0.3 is 5.97 Å². The van der Waals surface area contributed by atoms with Gasteiger partial charge in [0.25, 0.3) is 5.91 Å². The van der Waals surface area contributed by atoms with Crippen LogP contribution in [-0.4, -0.2) is 11.9 Å². The molecule has 4 nitrogen and oxygen atoms in total. The Morgan fingerprint density at radius 1 is 1.64 bits per heavy atom. The molecule has 0 rings (SSSR count). The third-order valence-electron chi connectivity index (χ3n) is 0.909. The number of hydrogen-bond donors (Lipinski definition) is 1. The first-order valence-corrected chi connectivity index (χ1v) is 3.32. The summed E-state index contributed by atoms with van der Waals surface area (Å²) >= 11 is 0. The van der Waals surface area contributed by atoms with Crippen LogP contribution >= 0.6 is 0 Å². The van der Waals surface area contributed by atoms with Gasteiger partial charge in [0.05, 0.1) is 0 Å². The van der Waals surface area contributed by atoms with Gasteiger partial charge in [0.2, 0.25) is 0 Å². The Labute approximate surface area is 65.2 Å². The van der Waals surface area contributed by atoms with E-state index in [1.807, 2.05) is 12.4 Å². The number of rotatable bonds is 3. The van der Waals surface area contributed by atoms with Crippen LogP contribution < -0.4 is 5.48 Å². The average molecular weight is 157 g/mol. The molecule has 0 aromatic carbocycles. The molecular weight excluding hydrogens is 146 g/mol. The van der Waals surface area contributed by atoms with Crippen molar-refractivity contribution in [2.45, 2.75) is 19.8 Å². The topological polar surface area (TPSA) is 55.4 Å². The van der Waals surface area contributed by atoms with Gasteiger partial charge in [-0.3, -0.25) is 4.79 Å². The van der Waals surface area contributed by atoms with Gasteiger partial charge in [0.1, 0.15) is 0 Å². The van der Waals surface area contributed by atoms with E-state index in [-0.39, 0.29) is 5.91 Å². The highest BCUT2D eigenvalue weighted by Gasteiger charge is 2.00. The lowest BCUT2D eigenvalue weighted by Gasteiger charge is -2.00. The summed E-state index contributed by atoms with van der Waals surface area (Å²) in [4.78, 5) is 25.3. The van der Waals surface area contributed by atoms with Gasteiger partial charge in [0, 0.05) is 12.5 Å². The molecule has 1 N–H and O–H groups in total. The molecule has 0 saturated carbocycles. The summed E-state index contributed by atoms with van der Waals surface area (Å²) in [6.45, 7) is 5.01. The molecule has 0 fully saturated rings. The standard InChI is InChI=1S/C7H11NO3/c1-3-5-6(9)8-11-7(10)4-2/h4H,2-3,5H2,1H3,(H,8,9).